The maximum absolute atomic E-state index is 4.23. The molecule has 1 heterocycles. The molecule has 0 saturated carbocycles. The van der Waals surface area contributed by atoms with E-state index < -0.39 is 0 Å². The van der Waals surface area contributed by atoms with Crippen LogP contribution < -0.4 is 10.6 Å². The van der Waals surface area contributed by atoms with Crippen LogP contribution in [0.2, 0.25) is 0 Å². The lowest BCUT2D eigenvalue weighted by Gasteiger charge is -2.32. The first-order valence-electron chi connectivity index (χ1n) is 4.50. The highest BCUT2D eigenvalue weighted by atomic mass is 15.2. The Bertz CT molecular complexity index is 178. The number of likely N-dealkylation sites (N-methyl/N-ethyl adjacent to an activating group) is 2. The van der Waals surface area contributed by atoms with Crippen molar-refractivity contribution in [2.24, 2.45) is 4.99 Å². The Morgan fingerprint density at radius 3 is 2.42 bits per heavy atom. The fourth-order valence-corrected chi connectivity index (χ4v) is 1.44. The molecular weight excluding hydrogens is 150 g/mol. The highest BCUT2D eigenvalue weighted by molar-refractivity contribution is 5.72. The molecule has 0 aromatic rings. The van der Waals surface area contributed by atoms with E-state index in [9.17, 15) is 0 Å². The molecule has 68 valence electrons. The van der Waals surface area contributed by atoms with Gasteiger partial charge in [0.2, 0.25) is 0 Å². The van der Waals surface area contributed by atoms with Gasteiger partial charge in [-0.2, -0.15) is 0 Å². The van der Waals surface area contributed by atoms with Crippen molar-refractivity contribution in [3.05, 3.63) is 12.2 Å². The quantitative estimate of drug-likeness (QED) is 0.600. The third-order valence-electron chi connectivity index (χ3n) is 1.90. The minimum atomic E-state index is -0.0990. The van der Waals surface area contributed by atoms with Crippen molar-refractivity contribution >= 4 is 6.21 Å². The molecule has 0 aliphatic carbocycles. The molecule has 0 spiro atoms. The Morgan fingerprint density at radius 2 is 2.00 bits per heavy atom. The molecule has 0 aromatic carbocycles. The fourth-order valence-electron chi connectivity index (χ4n) is 1.44. The van der Waals surface area contributed by atoms with Crippen molar-refractivity contribution in [1.29, 1.82) is 0 Å². The first kappa shape index (κ1) is 9.42. The summed E-state index contributed by atoms with van der Waals surface area (Å²) < 4.78 is 0. The first-order valence-corrected chi connectivity index (χ1v) is 4.50. The van der Waals surface area contributed by atoms with E-state index >= 15 is 0 Å². The van der Waals surface area contributed by atoms with Gasteiger partial charge in [0.25, 0.3) is 0 Å². The highest BCUT2D eigenvalue weighted by Gasteiger charge is 2.24. The summed E-state index contributed by atoms with van der Waals surface area (Å²) in [6, 6.07) is 0. The van der Waals surface area contributed by atoms with Gasteiger partial charge in [-0.3, -0.25) is 15.6 Å². The third kappa shape index (κ3) is 2.16. The van der Waals surface area contributed by atoms with Gasteiger partial charge in [0.1, 0.15) is 5.66 Å². The molecule has 0 aromatic heterocycles. The summed E-state index contributed by atoms with van der Waals surface area (Å²) in [5, 5.41) is 6.77. The van der Waals surface area contributed by atoms with Crippen LogP contribution >= 0.6 is 0 Å². The Kier molecular flexibility index (Phi) is 3.44. The van der Waals surface area contributed by atoms with E-state index in [1.807, 2.05) is 12.3 Å². The number of hydrogen-bond donors (Lipinski definition) is 2. The van der Waals surface area contributed by atoms with Crippen LogP contribution in [-0.4, -0.2) is 31.5 Å². The lowest BCUT2D eigenvalue weighted by Crippen LogP contribution is -2.58. The average molecular weight is 167 g/mol. The summed E-state index contributed by atoms with van der Waals surface area (Å²) in [5.41, 5.74) is -0.0990. The second kappa shape index (κ2) is 4.38. The van der Waals surface area contributed by atoms with E-state index in [4.69, 9.17) is 0 Å². The number of rotatable bonds is 4. The average Bonchev–Trinajstić information content (AvgIpc) is 2.07. The Balaban J connectivity index is 2.59. The molecule has 0 saturated heterocycles. The zero-order valence-electron chi connectivity index (χ0n) is 7.80. The molecule has 12 heavy (non-hydrogen) atoms. The van der Waals surface area contributed by atoms with Crippen molar-refractivity contribution in [2.45, 2.75) is 19.5 Å². The smallest absolute Gasteiger partial charge is 0.108 e. The van der Waals surface area contributed by atoms with Crippen LogP contribution in [0.25, 0.3) is 0 Å². The third-order valence-corrected chi connectivity index (χ3v) is 1.90. The number of dihydropyridines is 1. The summed E-state index contributed by atoms with van der Waals surface area (Å²) >= 11 is 0. The molecule has 1 rings (SSSR count). The second-order valence-electron chi connectivity index (χ2n) is 2.88. The standard InChI is InChI=1S/C9H17N3/c1-3-11-9(12-4-2)6-5-7-10-8-9/h5-7,11-12H,3-4,8H2,1-2H3. The lowest BCUT2D eigenvalue weighted by molar-refractivity contribution is 0.345. The molecule has 1 aliphatic rings. The molecule has 0 bridgehead atoms. The van der Waals surface area contributed by atoms with Gasteiger partial charge in [-0.05, 0) is 25.2 Å². The van der Waals surface area contributed by atoms with Gasteiger partial charge in [-0.1, -0.05) is 13.8 Å². The molecule has 2 N–H and O–H groups in total. The van der Waals surface area contributed by atoms with Crippen LogP contribution in [0.1, 0.15) is 13.8 Å². The molecule has 0 amide bonds. The largest absolute Gasteiger partial charge is 0.295 e. The van der Waals surface area contributed by atoms with E-state index in [-0.39, 0.29) is 5.66 Å². The highest BCUT2D eigenvalue weighted by Crippen LogP contribution is 2.06. The van der Waals surface area contributed by atoms with Gasteiger partial charge < -0.3 is 0 Å². The molecule has 0 unspecified atom stereocenters. The minimum Gasteiger partial charge on any atom is -0.295 e. The molecule has 3 heteroatoms. The van der Waals surface area contributed by atoms with Crippen molar-refractivity contribution in [3.63, 3.8) is 0 Å². The number of hydrogen-bond acceptors (Lipinski definition) is 3. The van der Waals surface area contributed by atoms with Gasteiger partial charge in [-0.15, -0.1) is 0 Å². The summed E-state index contributed by atoms with van der Waals surface area (Å²) in [5.74, 6) is 0. The Labute approximate surface area is 74.0 Å². The van der Waals surface area contributed by atoms with E-state index in [1.165, 1.54) is 0 Å². The molecule has 1 aliphatic heterocycles. The van der Waals surface area contributed by atoms with Crippen LogP contribution in [-0.2, 0) is 0 Å². The van der Waals surface area contributed by atoms with Crippen LogP contribution in [0, 0.1) is 0 Å². The second-order valence-corrected chi connectivity index (χ2v) is 2.88. The molecule has 0 radical (unpaired) electrons. The molecular formula is C9H17N3. The number of aliphatic imine (C=N–C) groups is 1. The van der Waals surface area contributed by atoms with E-state index in [0.29, 0.717) is 0 Å². The summed E-state index contributed by atoms with van der Waals surface area (Å²) in [6.07, 6.45) is 5.95. The maximum atomic E-state index is 4.23. The van der Waals surface area contributed by atoms with Gasteiger partial charge in [-0.25, -0.2) is 0 Å². The van der Waals surface area contributed by atoms with Crippen molar-refractivity contribution < 1.29 is 0 Å². The van der Waals surface area contributed by atoms with E-state index in [2.05, 4.69) is 35.5 Å². The number of allylic oxidation sites excluding steroid dienone is 1. The Hall–Kier alpha value is -0.670. The van der Waals surface area contributed by atoms with Gasteiger partial charge in [0.15, 0.2) is 0 Å². The van der Waals surface area contributed by atoms with Crippen LogP contribution in [0.3, 0.4) is 0 Å². The number of nitrogens with one attached hydrogen (secondary N) is 2. The van der Waals surface area contributed by atoms with Gasteiger partial charge in [0, 0.05) is 6.21 Å². The summed E-state index contributed by atoms with van der Waals surface area (Å²) in [4.78, 5) is 4.23. The molecule has 0 atom stereocenters. The van der Waals surface area contributed by atoms with Crippen LogP contribution in [0.4, 0.5) is 0 Å². The monoisotopic (exact) mass is 167 g/mol. The Morgan fingerprint density at radius 1 is 1.33 bits per heavy atom. The normalized spacial score (nSPS) is 19.8. The number of nitrogens with zero attached hydrogens (tertiary/aromatic N) is 1. The van der Waals surface area contributed by atoms with Crippen LogP contribution in [0.5, 0.6) is 0 Å². The van der Waals surface area contributed by atoms with Crippen molar-refractivity contribution in [3.8, 4) is 0 Å². The van der Waals surface area contributed by atoms with Gasteiger partial charge >= 0.3 is 0 Å². The SMILES string of the molecule is CCNC1(NCC)C=CC=NC1. The molecule has 0 fully saturated rings. The predicted molar refractivity (Wildman–Crippen MR) is 52.6 cm³/mol. The van der Waals surface area contributed by atoms with Crippen molar-refractivity contribution in [2.75, 3.05) is 19.6 Å². The predicted octanol–water partition coefficient (Wildman–Crippen LogP) is 0.542. The zero-order valence-corrected chi connectivity index (χ0v) is 7.80. The van der Waals surface area contributed by atoms with E-state index in [0.717, 1.165) is 19.6 Å². The van der Waals surface area contributed by atoms with Gasteiger partial charge in [0.05, 0.1) is 6.54 Å². The van der Waals surface area contributed by atoms with E-state index in [1.54, 1.807) is 0 Å². The zero-order chi connectivity index (χ0) is 8.86. The van der Waals surface area contributed by atoms with Crippen molar-refractivity contribution in [1.82, 2.24) is 10.6 Å². The summed E-state index contributed by atoms with van der Waals surface area (Å²) in [6.45, 7) is 6.89. The minimum absolute atomic E-state index is 0.0990. The lowest BCUT2D eigenvalue weighted by atomic mass is 10.1. The molecule has 3 nitrogen and oxygen atoms in total. The fraction of sp³-hybridized carbons (Fsp3) is 0.667. The first-order chi connectivity index (χ1) is 5.83. The topological polar surface area (TPSA) is 36.4 Å². The maximum Gasteiger partial charge on any atom is 0.108 e. The summed E-state index contributed by atoms with van der Waals surface area (Å²) in [7, 11) is 0. The van der Waals surface area contributed by atoms with Crippen LogP contribution in [0.15, 0.2) is 17.1 Å².